The predicted molar refractivity (Wildman–Crippen MR) is 231 cm³/mol. The fraction of sp³-hybridized carbons (Fsp3) is 0.578. The first-order valence-corrected chi connectivity index (χ1v) is 21.6. The van der Waals surface area contributed by atoms with Crippen LogP contribution in [0.25, 0.3) is 11.1 Å². The van der Waals surface area contributed by atoms with Crippen LogP contribution >= 0.6 is 0 Å². The van der Waals surface area contributed by atoms with E-state index in [9.17, 15) is 54.0 Å². The summed E-state index contributed by atoms with van der Waals surface area (Å²) in [5.74, 6) is -5.46. The number of hydrogen-bond acceptors (Lipinski definition) is 10. The molecular weight excluding hydrogens is 801 g/mol. The van der Waals surface area contributed by atoms with Crippen molar-refractivity contribution in [1.82, 2.24) is 31.1 Å². The van der Waals surface area contributed by atoms with Gasteiger partial charge in [0, 0.05) is 38.1 Å². The number of amides is 6. The third kappa shape index (κ3) is 14.7. The van der Waals surface area contributed by atoms with Gasteiger partial charge in [0.2, 0.25) is 35.4 Å². The van der Waals surface area contributed by atoms with Crippen molar-refractivity contribution in [2.24, 2.45) is 5.92 Å². The van der Waals surface area contributed by atoms with E-state index >= 15 is 0 Å². The maximum Gasteiger partial charge on any atom is 0.326 e. The smallest absolute Gasteiger partial charge is 0.326 e. The third-order valence-corrected chi connectivity index (χ3v) is 11.6. The lowest BCUT2D eigenvalue weighted by Gasteiger charge is -2.30. The number of carbonyl (C=O) groups is 7. The Hall–Kier alpha value is -5.71. The number of phenols is 2. The van der Waals surface area contributed by atoms with Gasteiger partial charge in [-0.15, -0.1) is 0 Å². The Labute approximate surface area is 364 Å². The molecule has 0 unspecified atom stereocenters. The van der Waals surface area contributed by atoms with Crippen LogP contribution in [0.4, 0.5) is 0 Å². The zero-order chi connectivity index (χ0) is 46.1. The van der Waals surface area contributed by atoms with Crippen LogP contribution in [0.3, 0.4) is 0 Å². The van der Waals surface area contributed by atoms with E-state index in [0.29, 0.717) is 12.0 Å². The first-order valence-electron chi connectivity index (χ1n) is 21.6. The fourth-order valence-electron chi connectivity index (χ4n) is 7.23. The van der Waals surface area contributed by atoms with E-state index in [-0.39, 0.29) is 46.9 Å². The lowest BCUT2D eigenvalue weighted by atomic mass is 9.94. The van der Waals surface area contributed by atoms with Crippen LogP contribution in [0.15, 0.2) is 36.4 Å². The number of aliphatic hydroxyl groups excluding tert-OH is 1. The number of fused-ring (bicyclic) bond motifs is 5. The Morgan fingerprint density at radius 2 is 1.40 bits per heavy atom. The second-order valence-corrected chi connectivity index (χ2v) is 16.4. The highest BCUT2D eigenvalue weighted by Crippen LogP contribution is 2.38. The molecule has 1 aliphatic rings. The van der Waals surface area contributed by atoms with Crippen LogP contribution in [0, 0.1) is 5.92 Å². The molecule has 17 heteroatoms. The van der Waals surface area contributed by atoms with Gasteiger partial charge in [-0.1, -0.05) is 83.8 Å². The van der Waals surface area contributed by atoms with Gasteiger partial charge in [0.05, 0.1) is 13.2 Å². The summed E-state index contributed by atoms with van der Waals surface area (Å²) in [4.78, 5) is 93.9. The van der Waals surface area contributed by atoms with Gasteiger partial charge in [-0.05, 0) is 61.6 Å². The van der Waals surface area contributed by atoms with Gasteiger partial charge in [0.15, 0.2) is 0 Å². The molecule has 17 nitrogen and oxygen atoms in total. The van der Waals surface area contributed by atoms with Crippen LogP contribution in [0.2, 0.25) is 0 Å². The van der Waals surface area contributed by atoms with E-state index in [4.69, 9.17) is 0 Å². The van der Waals surface area contributed by atoms with Crippen LogP contribution in [-0.2, 0) is 40.0 Å². The molecule has 4 bridgehead atoms. The number of nitrogens with zero attached hydrogens (tertiary/aromatic N) is 2. The number of benzene rings is 2. The number of carboxylic acids is 1. The highest BCUT2D eigenvalue weighted by molar-refractivity contribution is 5.96. The number of nitrogens with one attached hydrogen (secondary N) is 4. The van der Waals surface area contributed by atoms with Crippen LogP contribution in [0.5, 0.6) is 11.5 Å². The Morgan fingerprint density at radius 3 is 2.02 bits per heavy atom. The number of aliphatic carboxylic acids is 1. The summed E-state index contributed by atoms with van der Waals surface area (Å²) in [5.41, 5.74) is 0.725. The number of phenolic OH excluding ortho intramolecular Hbond substituents is 2. The molecule has 1 aliphatic heterocycles. The number of likely N-dealkylation sites (N-methyl/N-ethyl adjacent to an activating group) is 2. The van der Waals surface area contributed by atoms with Gasteiger partial charge in [0.1, 0.15) is 41.7 Å². The first kappa shape index (κ1) is 50.6. The molecule has 62 heavy (non-hydrogen) atoms. The van der Waals surface area contributed by atoms with Crippen molar-refractivity contribution in [1.29, 1.82) is 0 Å². The van der Waals surface area contributed by atoms with Crippen LogP contribution in [-0.4, -0.2) is 123 Å². The van der Waals surface area contributed by atoms with E-state index in [1.165, 1.54) is 96.4 Å². The highest BCUT2D eigenvalue weighted by Gasteiger charge is 2.34. The van der Waals surface area contributed by atoms with Crippen LogP contribution < -0.4 is 21.3 Å². The molecule has 0 fully saturated rings. The largest absolute Gasteiger partial charge is 0.507 e. The molecule has 0 aromatic heterocycles. The van der Waals surface area contributed by atoms with Gasteiger partial charge in [-0.25, -0.2) is 4.79 Å². The minimum absolute atomic E-state index is 0.0665. The maximum atomic E-state index is 13.9. The summed E-state index contributed by atoms with van der Waals surface area (Å²) >= 11 is 0. The monoisotopic (exact) mass is 866 g/mol. The van der Waals surface area contributed by atoms with Crippen molar-refractivity contribution in [3.8, 4) is 22.6 Å². The standard InChI is InChI=1S/C45H66N6O11/c1-7-27(2)16-14-12-10-8-9-11-13-15-17-38(55)50(5)35(26-52)43(59)47-28(3)41(57)46-25-39(56)51(6)40-31-19-21-37(54)33(24-31)32-22-30(18-20-36(32)53)23-34(45(61)62)49-42(58)29(4)48-44(40)60/h18-22,24,27-29,34-35,40,52-54H,7-17,23,25-26H2,1-6H3,(H,46,57)(H,47,59)(H,48,60)(H,49,58)(H,61,62)/t27-,28+,29+,34+,35-,40+/m1/s1. The zero-order valence-electron chi connectivity index (χ0n) is 36.9. The molecule has 6 atom stereocenters. The number of aliphatic hydroxyl groups is 1. The number of aromatic hydroxyl groups is 2. The maximum absolute atomic E-state index is 13.9. The van der Waals surface area contributed by atoms with Crippen LogP contribution in [0.1, 0.15) is 115 Å². The van der Waals surface area contributed by atoms with E-state index in [0.717, 1.165) is 41.4 Å². The second-order valence-electron chi connectivity index (χ2n) is 16.4. The number of carbonyl (C=O) groups excluding carboxylic acids is 6. The minimum Gasteiger partial charge on any atom is -0.507 e. The molecule has 2 aromatic rings. The van der Waals surface area contributed by atoms with Crippen molar-refractivity contribution in [2.75, 3.05) is 27.2 Å². The van der Waals surface area contributed by atoms with Crippen molar-refractivity contribution in [2.45, 2.75) is 135 Å². The average Bonchev–Trinajstić information content (AvgIpc) is 3.23. The minimum atomic E-state index is -1.47. The summed E-state index contributed by atoms with van der Waals surface area (Å²) in [7, 11) is 2.69. The fourth-order valence-corrected chi connectivity index (χ4v) is 7.23. The van der Waals surface area contributed by atoms with E-state index < -0.39 is 78.9 Å². The van der Waals surface area contributed by atoms with Crippen molar-refractivity contribution < 1.29 is 54.0 Å². The molecule has 2 aromatic carbocycles. The molecule has 0 saturated heterocycles. The SMILES string of the molecule is CC[C@@H](C)CCCCCCCCCCC(=O)N(C)[C@H](CO)C(=O)N[C@@H](C)C(=O)NCC(=O)N(C)[C@@H]1C(=O)N[C@@H](C)C(=O)N[C@H](C(=O)O)Cc2ccc(O)c(c2)-c2cc1ccc2O. The Morgan fingerprint density at radius 1 is 0.806 bits per heavy atom. The quantitative estimate of drug-likeness (QED) is 0.0846. The first-order chi connectivity index (χ1) is 29.4. The second kappa shape index (κ2) is 24.7. The predicted octanol–water partition coefficient (Wildman–Crippen LogP) is 3.28. The molecule has 3 rings (SSSR count). The summed E-state index contributed by atoms with van der Waals surface area (Å²) in [5, 5.41) is 51.3. The topological polar surface area (TPSA) is 255 Å². The molecule has 342 valence electrons. The molecule has 6 amide bonds. The van der Waals surface area contributed by atoms with Crippen molar-refractivity contribution in [3.05, 3.63) is 47.5 Å². The van der Waals surface area contributed by atoms with Gasteiger partial charge < -0.3 is 51.5 Å². The third-order valence-electron chi connectivity index (χ3n) is 11.6. The lowest BCUT2D eigenvalue weighted by molar-refractivity contribution is -0.143. The van der Waals surface area contributed by atoms with E-state index in [1.807, 2.05) is 0 Å². The van der Waals surface area contributed by atoms with Gasteiger partial charge >= 0.3 is 5.97 Å². The van der Waals surface area contributed by atoms with E-state index in [1.54, 1.807) is 0 Å². The average molecular weight is 867 g/mol. The summed E-state index contributed by atoms with van der Waals surface area (Å²) in [6.45, 7) is 5.87. The number of rotatable bonds is 21. The number of carboxylic acid groups (broad SMARTS) is 1. The Bertz CT molecular complexity index is 1890. The molecule has 0 radical (unpaired) electrons. The molecule has 1 heterocycles. The highest BCUT2D eigenvalue weighted by atomic mass is 16.4. The number of unbranched alkanes of at least 4 members (excludes halogenated alkanes) is 7. The molecular formula is C45H66N6O11. The summed E-state index contributed by atoms with van der Waals surface area (Å²) in [6.07, 6.45) is 11.0. The molecule has 0 spiro atoms. The summed E-state index contributed by atoms with van der Waals surface area (Å²) in [6, 6.07) is 1.63. The Kier molecular flexibility index (Phi) is 20.1. The number of hydrogen-bond donors (Lipinski definition) is 8. The lowest BCUT2D eigenvalue weighted by Crippen LogP contribution is -2.55. The van der Waals surface area contributed by atoms with Gasteiger partial charge in [-0.2, -0.15) is 0 Å². The van der Waals surface area contributed by atoms with Crippen molar-refractivity contribution in [3.63, 3.8) is 0 Å². The molecule has 8 N–H and O–H groups in total. The van der Waals surface area contributed by atoms with E-state index in [2.05, 4.69) is 35.1 Å². The van der Waals surface area contributed by atoms with Gasteiger partial charge in [0.25, 0.3) is 0 Å². The normalized spacial score (nSPS) is 17.9. The Balaban J connectivity index is 1.63. The van der Waals surface area contributed by atoms with Crippen molar-refractivity contribution >= 4 is 41.4 Å². The summed E-state index contributed by atoms with van der Waals surface area (Å²) < 4.78 is 0. The van der Waals surface area contributed by atoms with Gasteiger partial charge in [-0.3, -0.25) is 28.8 Å². The molecule has 0 saturated carbocycles. The zero-order valence-corrected chi connectivity index (χ0v) is 36.9. The molecule has 0 aliphatic carbocycles.